The first-order chi connectivity index (χ1) is 10.2. The largest absolute Gasteiger partial charge is 0.354 e. The van der Waals surface area contributed by atoms with Gasteiger partial charge in [-0.3, -0.25) is 9.59 Å². The molecule has 1 saturated heterocycles. The highest BCUT2D eigenvalue weighted by Crippen LogP contribution is 2.25. The molecular formula is C16H22N2O2S. The minimum absolute atomic E-state index is 0.0318. The summed E-state index contributed by atoms with van der Waals surface area (Å²) in [4.78, 5) is 27.3. The molecule has 114 valence electrons. The molecule has 1 aromatic heterocycles. The Labute approximate surface area is 129 Å². The van der Waals surface area contributed by atoms with Crippen LogP contribution in [0.4, 0.5) is 0 Å². The third-order valence-electron chi connectivity index (χ3n) is 4.58. The van der Waals surface area contributed by atoms with Gasteiger partial charge < -0.3 is 10.2 Å². The zero-order valence-electron chi connectivity index (χ0n) is 12.2. The summed E-state index contributed by atoms with van der Waals surface area (Å²) in [6.45, 7) is 1.34. The fourth-order valence-electron chi connectivity index (χ4n) is 3.35. The van der Waals surface area contributed by atoms with Crippen LogP contribution < -0.4 is 5.32 Å². The summed E-state index contributed by atoms with van der Waals surface area (Å²) in [5.41, 5.74) is 0. The van der Waals surface area contributed by atoms with Crippen LogP contribution in [0.5, 0.6) is 0 Å². The van der Waals surface area contributed by atoms with E-state index in [4.69, 9.17) is 0 Å². The molecule has 5 heteroatoms. The molecule has 2 aliphatic rings. The van der Waals surface area contributed by atoms with Gasteiger partial charge in [0.25, 0.3) is 0 Å². The van der Waals surface area contributed by atoms with Gasteiger partial charge in [0.05, 0.1) is 6.54 Å². The van der Waals surface area contributed by atoms with Gasteiger partial charge in [-0.25, -0.2) is 0 Å². The van der Waals surface area contributed by atoms with Crippen molar-refractivity contribution >= 4 is 23.2 Å². The highest BCUT2D eigenvalue weighted by atomic mass is 32.1. The number of thiophene rings is 1. The lowest BCUT2D eigenvalue weighted by atomic mass is 10.1. The molecular weight excluding hydrogens is 284 g/mol. The average molecular weight is 306 g/mol. The third-order valence-corrected chi connectivity index (χ3v) is 5.44. The van der Waals surface area contributed by atoms with Crippen LogP contribution in [0.25, 0.3) is 0 Å². The Kier molecular flexibility index (Phi) is 4.58. The molecule has 1 saturated carbocycles. The molecule has 1 N–H and O–H groups in total. The number of rotatable bonds is 5. The van der Waals surface area contributed by atoms with E-state index in [1.54, 1.807) is 16.2 Å². The van der Waals surface area contributed by atoms with Crippen molar-refractivity contribution < 1.29 is 9.59 Å². The number of hydrogen-bond donors (Lipinski definition) is 1. The summed E-state index contributed by atoms with van der Waals surface area (Å²) in [7, 11) is 0. The van der Waals surface area contributed by atoms with Gasteiger partial charge in [0.2, 0.25) is 11.8 Å². The number of nitrogens with zero attached hydrogens (tertiary/aromatic N) is 1. The van der Waals surface area contributed by atoms with Crippen LogP contribution in [0, 0.1) is 5.92 Å². The number of likely N-dealkylation sites (tertiary alicyclic amines) is 1. The predicted molar refractivity (Wildman–Crippen MR) is 82.9 cm³/mol. The van der Waals surface area contributed by atoms with Crippen molar-refractivity contribution in [3.8, 4) is 0 Å². The van der Waals surface area contributed by atoms with Gasteiger partial charge in [0, 0.05) is 17.8 Å². The average Bonchev–Trinajstić information content (AvgIpc) is 3.21. The Morgan fingerprint density at radius 2 is 2.14 bits per heavy atom. The lowest BCUT2D eigenvalue weighted by Crippen LogP contribution is -2.45. The van der Waals surface area contributed by atoms with Crippen LogP contribution >= 0.6 is 11.3 Å². The van der Waals surface area contributed by atoms with Gasteiger partial charge in [0.1, 0.15) is 6.04 Å². The Morgan fingerprint density at radius 3 is 2.86 bits per heavy atom. The molecule has 2 amide bonds. The first-order valence-electron chi connectivity index (χ1n) is 7.83. The van der Waals surface area contributed by atoms with Crippen molar-refractivity contribution in [2.24, 2.45) is 5.92 Å². The second kappa shape index (κ2) is 6.60. The van der Waals surface area contributed by atoms with Crippen molar-refractivity contribution in [1.29, 1.82) is 0 Å². The highest BCUT2D eigenvalue weighted by molar-refractivity contribution is 7.09. The summed E-state index contributed by atoms with van der Waals surface area (Å²) < 4.78 is 0. The highest BCUT2D eigenvalue weighted by Gasteiger charge is 2.36. The van der Waals surface area contributed by atoms with Gasteiger partial charge >= 0.3 is 0 Å². The zero-order valence-corrected chi connectivity index (χ0v) is 13.0. The van der Waals surface area contributed by atoms with Crippen LogP contribution in [-0.4, -0.2) is 29.3 Å². The number of hydrogen-bond acceptors (Lipinski definition) is 3. The first kappa shape index (κ1) is 14.6. The fourth-order valence-corrected chi connectivity index (χ4v) is 4.05. The van der Waals surface area contributed by atoms with Crippen LogP contribution in [0.15, 0.2) is 17.5 Å². The van der Waals surface area contributed by atoms with Gasteiger partial charge in [0.15, 0.2) is 0 Å². The Morgan fingerprint density at radius 1 is 1.33 bits per heavy atom. The van der Waals surface area contributed by atoms with E-state index in [0.717, 1.165) is 11.4 Å². The molecule has 1 atom stereocenters. The van der Waals surface area contributed by atoms with Crippen molar-refractivity contribution in [2.75, 3.05) is 6.54 Å². The molecule has 2 fully saturated rings. The molecule has 1 aliphatic carbocycles. The molecule has 0 spiro atoms. The van der Waals surface area contributed by atoms with Crippen LogP contribution in [-0.2, 0) is 16.1 Å². The number of carbonyl (C=O) groups excluding carboxylic acids is 2. The monoisotopic (exact) mass is 306 g/mol. The third kappa shape index (κ3) is 3.46. The topological polar surface area (TPSA) is 49.4 Å². The van der Waals surface area contributed by atoms with Crippen molar-refractivity contribution in [2.45, 2.75) is 51.1 Å². The van der Waals surface area contributed by atoms with E-state index in [-0.39, 0.29) is 17.9 Å². The fraction of sp³-hybridized carbons (Fsp3) is 0.625. The Hall–Kier alpha value is -1.36. The van der Waals surface area contributed by atoms with Gasteiger partial charge in [-0.05, 0) is 36.6 Å². The molecule has 0 unspecified atom stereocenters. The predicted octanol–water partition coefficient (Wildman–Crippen LogP) is 2.55. The van der Waals surface area contributed by atoms with Gasteiger partial charge in [-0.2, -0.15) is 0 Å². The molecule has 3 rings (SSSR count). The van der Waals surface area contributed by atoms with E-state index in [1.807, 2.05) is 17.5 Å². The second-order valence-corrected chi connectivity index (χ2v) is 7.08. The molecule has 0 radical (unpaired) electrons. The summed E-state index contributed by atoms with van der Waals surface area (Å²) in [5.74, 6) is 0.769. The zero-order chi connectivity index (χ0) is 14.7. The summed E-state index contributed by atoms with van der Waals surface area (Å²) in [6.07, 6.45) is 6.17. The SMILES string of the molecule is O=C(NCC1CCCC1)[C@@H]1CCC(=O)N1Cc1cccs1. The first-order valence-corrected chi connectivity index (χ1v) is 8.71. The van der Waals surface area contributed by atoms with Crippen molar-refractivity contribution in [3.05, 3.63) is 22.4 Å². The minimum Gasteiger partial charge on any atom is -0.354 e. The van der Waals surface area contributed by atoms with Gasteiger partial charge in [-0.15, -0.1) is 11.3 Å². The maximum Gasteiger partial charge on any atom is 0.242 e. The number of nitrogens with one attached hydrogen (secondary N) is 1. The molecule has 0 bridgehead atoms. The molecule has 1 aliphatic heterocycles. The lowest BCUT2D eigenvalue weighted by Gasteiger charge is -2.24. The maximum atomic E-state index is 12.4. The van der Waals surface area contributed by atoms with Gasteiger partial charge in [-0.1, -0.05) is 18.9 Å². The van der Waals surface area contributed by atoms with E-state index in [2.05, 4.69) is 5.32 Å². The molecule has 1 aromatic rings. The molecule has 4 nitrogen and oxygen atoms in total. The number of carbonyl (C=O) groups is 2. The summed E-state index contributed by atoms with van der Waals surface area (Å²) in [5, 5.41) is 5.07. The molecule has 21 heavy (non-hydrogen) atoms. The standard InChI is InChI=1S/C16H22N2O2S/c19-15-8-7-14(18(15)11-13-6-3-9-21-13)16(20)17-10-12-4-1-2-5-12/h3,6,9,12,14H,1-2,4-5,7-8,10-11H2,(H,17,20)/t14-/m0/s1. The van der Waals surface area contributed by atoms with E-state index in [1.165, 1.54) is 25.7 Å². The molecule has 2 heterocycles. The van der Waals surface area contributed by atoms with E-state index >= 15 is 0 Å². The maximum absolute atomic E-state index is 12.4. The van der Waals surface area contributed by atoms with E-state index in [0.29, 0.717) is 25.3 Å². The summed E-state index contributed by atoms with van der Waals surface area (Å²) in [6, 6.07) is 3.72. The van der Waals surface area contributed by atoms with Crippen molar-refractivity contribution in [3.63, 3.8) is 0 Å². The van der Waals surface area contributed by atoms with E-state index < -0.39 is 0 Å². The second-order valence-electron chi connectivity index (χ2n) is 6.05. The quantitative estimate of drug-likeness (QED) is 0.909. The Balaban J connectivity index is 1.56. The summed E-state index contributed by atoms with van der Waals surface area (Å²) >= 11 is 1.63. The van der Waals surface area contributed by atoms with Crippen LogP contribution in [0.1, 0.15) is 43.4 Å². The Bertz CT molecular complexity index is 494. The normalized spacial score (nSPS) is 23.0. The van der Waals surface area contributed by atoms with E-state index in [9.17, 15) is 9.59 Å². The van der Waals surface area contributed by atoms with Crippen LogP contribution in [0.3, 0.4) is 0 Å². The lowest BCUT2D eigenvalue weighted by molar-refractivity contribution is -0.135. The minimum atomic E-state index is -0.277. The van der Waals surface area contributed by atoms with Crippen LogP contribution in [0.2, 0.25) is 0 Å². The molecule has 0 aromatic carbocycles. The van der Waals surface area contributed by atoms with Crippen molar-refractivity contribution in [1.82, 2.24) is 10.2 Å². The smallest absolute Gasteiger partial charge is 0.242 e. The number of amides is 2.